The molecule has 7 heteroatoms. The minimum absolute atomic E-state index is 0. The van der Waals surface area contributed by atoms with E-state index in [1.807, 2.05) is 0 Å². The third-order valence-electron chi connectivity index (χ3n) is 1.34. The SMILES string of the molecule is O.O.O.Oc1cccc2[nH]nnc12. The Balaban J connectivity index is 0. The van der Waals surface area contributed by atoms with Gasteiger partial charge in [0.25, 0.3) is 0 Å². The molecule has 2 aromatic rings. The number of aromatic nitrogens is 3. The molecule has 0 aliphatic heterocycles. The van der Waals surface area contributed by atoms with Crippen LogP contribution in [0.5, 0.6) is 5.75 Å². The molecule has 0 bridgehead atoms. The van der Waals surface area contributed by atoms with Crippen LogP contribution in [-0.2, 0) is 0 Å². The largest absolute Gasteiger partial charge is 0.506 e. The van der Waals surface area contributed by atoms with Crippen LogP contribution in [0.4, 0.5) is 0 Å². The van der Waals surface area contributed by atoms with Crippen molar-refractivity contribution >= 4 is 11.0 Å². The first-order valence-corrected chi connectivity index (χ1v) is 2.86. The van der Waals surface area contributed by atoms with Crippen molar-refractivity contribution in [2.45, 2.75) is 0 Å². The van der Waals surface area contributed by atoms with Gasteiger partial charge in [0.15, 0.2) is 5.52 Å². The molecule has 1 heterocycles. The smallest absolute Gasteiger partial charge is 0.154 e. The summed E-state index contributed by atoms with van der Waals surface area (Å²) < 4.78 is 0. The highest BCUT2D eigenvalue weighted by Gasteiger charge is 1.99. The van der Waals surface area contributed by atoms with E-state index in [0.717, 1.165) is 5.52 Å². The van der Waals surface area contributed by atoms with E-state index in [9.17, 15) is 0 Å². The molecule has 0 radical (unpaired) electrons. The Morgan fingerprint density at radius 3 is 2.46 bits per heavy atom. The van der Waals surface area contributed by atoms with Crippen molar-refractivity contribution in [1.29, 1.82) is 0 Å². The Bertz CT molecular complexity index is 361. The number of hydrogen-bond donors (Lipinski definition) is 2. The number of H-pyrrole nitrogens is 1. The average molecular weight is 189 g/mol. The van der Waals surface area contributed by atoms with Crippen LogP contribution in [0.1, 0.15) is 0 Å². The van der Waals surface area contributed by atoms with E-state index in [4.69, 9.17) is 5.11 Å². The summed E-state index contributed by atoms with van der Waals surface area (Å²) in [5.74, 6) is 0.159. The van der Waals surface area contributed by atoms with Crippen LogP contribution in [0.25, 0.3) is 11.0 Å². The molecule has 7 nitrogen and oxygen atoms in total. The van der Waals surface area contributed by atoms with Crippen molar-refractivity contribution in [2.75, 3.05) is 0 Å². The number of hydrogen-bond acceptors (Lipinski definition) is 3. The Kier molecular flexibility index (Phi) is 5.37. The zero-order chi connectivity index (χ0) is 6.97. The number of aromatic amines is 1. The zero-order valence-corrected chi connectivity index (χ0v) is 6.57. The normalized spacial score (nSPS) is 8.00. The summed E-state index contributed by atoms with van der Waals surface area (Å²) in [6.07, 6.45) is 0. The average Bonchev–Trinajstić information content (AvgIpc) is 2.36. The van der Waals surface area contributed by atoms with E-state index in [1.165, 1.54) is 0 Å². The van der Waals surface area contributed by atoms with Gasteiger partial charge in [0.2, 0.25) is 0 Å². The topological polar surface area (TPSA) is 156 Å². The van der Waals surface area contributed by atoms with Crippen molar-refractivity contribution in [1.82, 2.24) is 15.4 Å². The molecule has 1 aromatic heterocycles. The molecule has 0 saturated carbocycles. The molecule has 0 atom stereocenters. The predicted octanol–water partition coefficient (Wildman–Crippen LogP) is -1.81. The first-order valence-electron chi connectivity index (χ1n) is 2.86. The Labute approximate surface area is 72.9 Å². The molecule has 0 spiro atoms. The molecule has 0 saturated heterocycles. The summed E-state index contributed by atoms with van der Waals surface area (Å²) in [5.41, 5.74) is 1.27. The van der Waals surface area contributed by atoms with Crippen molar-refractivity contribution in [3.05, 3.63) is 18.2 Å². The van der Waals surface area contributed by atoms with Crippen LogP contribution in [-0.4, -0.2) is 36.9 Å². The highest BCUT2D eigenvalue weighted by molar-refractivity contribution is 5.79. The molecule has 74 valence electrons. The lowest BCUT2D eigenvalue weighted by atomic mass is 10.3. The summed E-state index contributed by atoms with van der Waals surface area (Å²) in [5, 5.41) is 19.0. The summed E-state index contributed by atoms with van der Waals surface area (Å²) in [7, 11) is 0. The van der Waals surface area contributed by atoms with Gasteiger partial charge in [-0.2, -0.15) is 0 Å². The lowest BCUT2D eigenvalue weighted by molar-refractivity contribution is 0.480. The zero-order valence-electron chi connectivity index (χ0n) is 6.57. The molecule has 0 unspecified atom stereocenters. The fraction of sp³-hybridized carbons (Fsp3) is 0. The van der Waals surface area contributed by atoms with Crippen molar-refractivity contribution < 1.29 is 21.5 Å². The van der Waals surface area contributed by atoms with Crippen LogP contribution in [0, 0.1) is 0 Å². The van der Waals surface area contributed by atoms with E-state index in [1.54, 1.807) is 18.2 Å². The third kappa shape index (κ3) is 2.12. The van der Waals surface area contributed by atoms with Gasteiger partial charge in [0, 0.05) is 0 Å². The van der Waals surface area contributed by atoms with Gasteiger partial charge < -0.3 is 21.5 Å². The second kappa shape index (κ2) is 5.04. The van der Waals surface area contributed by atoms with E-state index in [-0.39, 0.29) is 22.2 Å². The van der Waals surface area contributed by atoms with Crippen LogP contribution in [0.3, 0.4) is 0 Å². The molecule has 0 fully saturated rings. The molecular formula is C6H11N3O4. The summed E-state index contributed by atoms with van der Waals surface area (Å²) >= 11 is 0. The van der Waals surface area contributed by atoms with Gasteiger partial charge in [0.05, 0.1) is 5.52 Å². The number of aromatic hydroxyl groups is 1. The number of phenols is 1. The van der Waals surface area contributed by atoms with Gasteiger partial charge in [-0.3, -0.25) is 5.10 Å². The number of rotatable bonds is 0. The number of nitrogens with zero attached hydrogens (tertiary/aromatic N) is 2. The number of phenolic OH excluding ortho intramolecular Hbond substituents is 1. The minimum atomic E-state index is 0. The summed E-state index contributed by atoms with van der Waals surface area (Å²) in [4.78, 5) is 0. The summed E-state index contributed by atoms with van der Waals surface area (Å²) in [6, 6.07) is 5.11. The van der Waals surface area contributed by atoms with Crippen molar-refractivity contribution in [2.24, 2.45) is 0 Å². The maximum atomic E-state index is 9.14. The number of nitrogens with one attached hydrogen (secondary N) is 1. The fourth-order valence-corrected chi connectivity index (χ4v) is 0.856. The quantitative estimate of drug-likeness (QED) is 0.501. The minimum Gasteiger partial charge on any atom is -0.506 e. The van der Waals surface area contributed by atoms with E-state index in [0.29, 0.717) is 5.52 Å². The molecule has 0 amide bonds. The Morgan fingerprint density at radius 2 is 1.85 bits per heavy atom. The van der Waals surface area contributed by atoms with Crippen LogP contribution in [0.15, 0.2) is 18.2 Å². The highest BCUT2D eigenvalue weighted by Crippen LogP contribution is 2.18. The highest BCUT2D eigenvalue weighted by atomic mass is 16.3. The third-order valence-corrected chi connectivity index (χ3v) is 1.34. The van der Waals surface area contributed by atoms with Gasteiger partial charge in [0.1, 0.15) is 5.75 Å². The maximum Gasteiger partial charge on any atom is 0.154 e. The number of fused-ring (bicyclic) bond motifs is 1. The summed E-state index contributed by atoms with van der Waals surface area (Å²) in [6.45, 7) is 0. The molecule has 1 aromatic carbocycles. The number of benzene rings is 1. The standard InChI is InChI=1S/C6H5N3O.3H2O/c10-5-3-1-2-4-6(5)8-9-7-4;;;/h1-3,10H,(H,7,8,9);3*1H2. The fourth-order valence-electron chi connectivity index (χ4n) is 0.856. The molecular weight excluding hydrogens is 178 g/mol. The molecule has 8 N–H and O–H groups in total. The van der Waals surface area contributed by atoms with Crippen molar-refractivity contribution in [3.63, 3.8) is 0 Å². The molecule has 2 rings (SSSR count). The van der Waals surface area contributed by atoms with Crippen molar-refractivity contribution in [3.8, 4) is 5.75 Å². The molecule has 0 aliphatic rings. The van der Waals surface area contributed by atoms with E-state index >= 15 is 0 Å². The monoisotopic (exact) mass is 189 g/mol. The molecule has 0 aliphatic carbocycles. The lowest BCUT2D eigenvalue weighted by Gasteiger charge is -1.87. The Morgan fingerprint density at radius 1 is 1.15 bits per heavy atom. The maximum absolute atomic E-state index is 9.14. The second-order valence-electron chi connectivity index (χ2n) is 1.99. The first kappa shape index (κ1) is 13.9. The van der Waals surface area contributed by atoms with Gasteiger partial charge in [-0.15, -0.1) is 5.10 Å². The Hall–Kier alpha value is -1.70. The van der Waals surface area contributed by atoms with Crippen LogP contribution < -0.4 is 0 Å². The van der Waals surface area contributed by atoms with Crippen LogP contribution >= 0.6 is 0 Å². The first-order chi connectivity index (χ1) is 4.88. The van der Waals surface area contributed by atoms with Gasteiger partial charge >= 0.3 is 0 Å². The van der Waals surface area contributed by atoms with Gasteiger partial charge in [-0.05, 0) is 12.1 Å². The molecule has 13 heavy (non-hydrogen) atoms. The van der Waals surface area contributed by atoms with Gasteiger partial charge in [-0.1, -0.05) is 11.3 Å². The van der Waals surface area contributed by atoms with Gasteiger partial charge in [-0.25, -0.2) is 0 Å². The van der Waals surface area contributed by atoms with Crippen LogP contribution in [0.2, 0.25) is 0 Å². The predicted molar refractivity (Wildman–Crippen MR) is 46.4 cm³/mol. The van der Waals surface area contributed by atoms with E-state index < -0.39 is 0 Å². The lowest BCUT2D eigenvalue weighted by Crippen LogP contribution is -1.68. The second-order valence-corrected chi connectivity index (χ2v) is 1.99. The van der Waals surface area contributed by atoms with E-state index in [2.05, 4.69) is 15.4 Å².